The van der Waals surface area contributed by atoms with Gasteiger partial charge in [0, 0.05) is 13.1 Å². The van der Waals surface area contributed by atoms with Gasteiger partial charge in [0.2, 0.25) is 21.8 Å². The van der Waals surface area contributed by atoms with Crippen molar-refractivity contribution in [3.05, 3.63) is 65.5 Å². The number of hydrogen-bond donors (Lipinski definition) is 1. The van der Waals surface area contributed by atoms with Gasteiger partial charge in [0.1, 0.15) is 18.4 Å². The Bertz CT molecular complexity index is 1070. The van der Waals surface area contributed by atoms with Crippen LogP contribution in [-0.2, 0) is 26.2 Å². The van der Waals surface area contributed by atoms with Gasteiger partial charge in [-0.15, -0.1) is 0 Å². The fraction of sp³-hybridized carbons (Fsp3) is 0.440. The summed E-state index contributed by atoms with van der Waals surface area (Å²) in [6, 6.07) is 12.1. The number of aryl methyl sites for hydroxylation is 1. The predicted molar refractivity (Wildman–Crippen MR) is 132 cm³/mol. The Morgan fingerprint density at radius 2 is 1.71 bits per heavy atom. The SMILES string of the molecule is CCCCNC(=O)[C@@H](CC)N(Cc1ccc(C)cc1)C(=O)CN(c1ccccc1F)S(C)(=O)=O. The monoisotopic (exact) mass is 491 g/mol. The summed E-state index contributed by atoms with van der Waals surface area (Å²) in [6.07, 6.45) is 2.98. The van der Waals surface area contributed by atoms with Crippen molar-refractivity contribution in [1.29, 1.82) is 0 Å². The molecule has 2 rings (SSSR count). The Balaban J connectivity index is 2.40. The second kappa shape index (κ2) is 12.5. The lowest BCUT2D eigenvalue weighted by atomic mass is 10.1. The van der Waals surface area contributed by atoms with Gasteiger partial charge in [-0.05, 0) is 37.5 Å². The van der Waals surface area contributed by atoms with E-state index in [-0.39, 0.29) is 18.1 Å². The van der Waals surface area contributed by atoms with Crippen LogP contribution in [0.15, 0.2) is 48.5 Å². The molecule has 0 aromatic heterocycles. The summed E-state index contributed by atoms with van der Waals surface area (Å²) in [6.45, 7) is 5.74. The molecule has 0 aliphatic rings. The number of carbonyl (C=O) groups excluding carboxylic acids is 2. The molecular weight excluding hydrogens is 457 g/mol. The Kier molecular flexibility index (Phi) is 10.0. The zero-order chi connectivity index (χ0) is 25.3. The Morgan fingerprint density at radius 3 is 2.26 bits per heavy atom. The van der Waals surface area contributed by atoms with Gasteiger partial charge in [-0.2, -0.15) is 0 Å². The summed E-state index contributed by atoms with van der Waals surface area (Å²) in [5.41, 5.74) is 1.64. The minimum absolute atomic E-state index is 0.119. The fourth-order valence-corrected chi connectivity index (χ4v) is 4.41. The van der Waals surface area contributed by atoms with Gasteiger partial charge in [0.05, 0.1) is 11.9 Å². The topological polar surface area (TPSA) is 86.8 Å². The quantitative estimate of drug-likeness (QED) is 0.460. The first-order valence-electron chi connectivity index (χ1n) is 11.4. The Hall–Kier alpha value is -2.94. The van der Waals surface area contributed by atoms with Crippen molar-refractivity contribution < 1.29 is 22.4 Å². The lowest BCUT2D eigenvalue weighted by molar-refractivity contribution is -0.140. The third-order valence-corrected chi connectivity index (χ3v) is 6.62. The molecule has 0 bridgehead atoms. The maximum Gasteiger partial charge on any atom is 0.244 e. The number of carbonyl (C=O) groups is 2. The highest BCUT2D eigenvalue weighted by Crippen LogP contribution is 2.22. The van der Waals surface area contributed by atoms with E-state index in [1.807, 2.05) is 38.1 Å². The number of benzene rings is 2. The van der Waals surface area contributed by atoms with Gasteiger partial charge >= 0.3 is 0 Å². The molecule has 2 aromatic rings. The second-order valence-electron chi connectivity index (χ2n) is 8.30. The molecule has 34 heavy (non-hydrogen) atoms. The predicted octanol–water partition coefficient (Wildman–Crippen LogP) is 3.62. The third-order valence-electron chi connectivity index (χ3n) is 5.49. The minimum atomic E-state index is -3.97. The van der Waals surface area contributed by atoms with Crippen LogP contribution in [0.1, 0.15) is 44.2 Å². The number of unbranched alkanes of at least 4 members (excludes halogenated alkanes) is 1. The van der Waals surface area contributed by atoms with Crippen LogP contribution >= 0.6 is 0 Å². The number of hydrogen-bond acceptors (Lipinski definition) is 4. The minimum Gasteiger partial charge on any atom is -0.354 e. The first-order valence-corrected chi connectivity index (χ1v) is 13.3. The highest BCUT2D eigenvalue weighted by Gasteiger charge is 2.32. The highest BCUT2D eigenvalue weighted by molar-refractivity contribution is 7.92. The van der Waals surface area contributed by atoms with Crippen molar-refractivity contribution in [1.82, 2.24) is 10.2 Å². The van der Waals surface area contributed by atoms with E-state index in [2.05, 4.69) is 5.32 Å². The summed E-state index contributed by atoms with van der Waals surface area (Å²) in [5.74, 6) is -1.64. The number of sulfonamides is 1. The largest absolute Gasteiger partial charge is 0.354 e. The number of anilines is 1. The molecule has 0 aliphatic carbocycles. The molecule has 0 radical (unpaired) electrons. The van der Waals surface area contributed by atoms with Gasteiger partial charge < -0.3 is 10.2 Å². The summed E-state index contributed by atoms with van der Waals surface area (Å²) in [5, 5.41) is 2.86. The highest BCUT2D eigenvalue weighted by atomic mass is 32.2. The van der Waals surface area contributed by atoms with E-state index in [9.17, 15) is 22.4 Å². The van der Waals surface area contributed by atoms with E-state index in [0.717, 1.165) is 40.6 Å². The zero-order valence-corrected chi connectivity index (χ0v) is 21.1. The first-order chi connectivity index (χ1) is 16.1. The molecule has 0 saturated heterocycles. The molecule has 0 fully saturated rings. The normalized spacial score (nSPS) is 12.1. The van der Waals surface area contributed by atoms with Crippen molar-refractivity contribution in [3.8, 4) is 0 Å². The molecule has 1 atom stereocenters. The number of amides is 2. The number of nitrogens with one attached hydrogen (secondary N) is 1. The van der Waals surface area contributed by atoms with Crippen molar-refractivity contribution in [2.45, 2.75) is 52.6 Å². The average molecular weight is 492 g/mol. The van der Waals surface area contributed by atoms with Crippen molar-refractivity contribution in [3.63, 3.8) is 0 Å². The van der Waals surface area contributed by atoms with Crippen LogP contribution < -0.4 is 9.62 Å². The summed E-state index contributed by atoms with van der Waals surface area (Å²) < 4.78 is 40.2. The summed E-state index contributed by atoms with van der Waals surface area (Å²) >= 11 is 0. The second-order valence-corrected chi connectivity index (χ2v) is 10.2. The molecular formula is C25H34FN3O4S. The van der Waals surface area contributed by atoms with E-state index in [1.54, 1.807) is 6.92 Å². The van der Waals surface area contributed by atoms with Crippen LogP contribution in [0, 0.1) is 12.7 Å². The molecule has 9 heteroatoms. The van der Waals surface area contributed by atoms with Gasteiger partial charge in [-0.3, -0.25) is 13.9 Å². The van der Waals surface area contributed by atoms with Crippen molar-refractivity contribution in [2.75, 3.05) is 23.7 Å². The lowest BCUT2D eigenvalue weighted by Crippen LogP contribution is -2.52. The van der Waals surface area contributed by atoms with Crippen LogP contribution in [0.5, 0.6) is 0 Å². The van der Waals surface area contributed by atoms with E-state index in [1.165, 1.54) is 23.1 Å². The van der Waals surface area contributed by atoms with E-state index < -0.39 is 34.3 Å². The van der Waals surface area contributed by atoms with Gasteiger partial charge in [0.15, 0.2) is 0 Å². The molecule has 0 saturated carbocycles. The molecule has 0 unspecified atom stereocenters. The van der Waals surface area contributed by atoms with Gasteiger partial charge in [-0.1, -0.05) is 62.2 Å². The van der Waals surface area contributed by atoms with Crippen LogP contribution in [0.25, 0.3) is 0 Å². The average Bonchev–Trinajstić information content (AvgIpc) is 2.78. The van der Waals surface area contributed by atoms with Crippen molar-refractivity contribution in [2.24, 2.45) is 0 Å². The van der Waals surface area contributed by atoms with Crippen LogP contribution in [0.4, 0.5) is 10.1 Å². The molecule has 0 aliphatic heterocycles. The lowest BCUT2D eigenvalue weighted by Gasteiger charge is -2.33. The first kappa shape index (κ1) is 27.3. The molecule has 1 N–H and O–H groups in total. The van der Waals surface area contributed by atoms with Gasteiger partial charge in [0.25, 0.3) is 0 Å². The van der Waals surface area contributed by atoms with Crippen LogP contribution in [-0.4, -0.2) is 50.5 Å². The fourth-order valence-electron chi connectivity index (χ4n) is 3.56. The molecule has 7 nitrogen and oxygen atoms in total. The Morgan fingerprint density at radius 1 is 1.06 bits per heavy atom. The maximum atomic E-state index is 14.4. The zero-order valence-electron chi connectivity index (χ0n) is 20.3. The summed E-state index contributed by atoms with van der Waals surface area (Å²) in [7, 11) is -3.97. The molecule has 2 aromatic carbocycles. The molecule has 186 valence electrons. The van der Waals surface area contributed by atoms with Crippen molar-refractivity contribution >= 4 is 27.5 Å². The maximum absolute atomic E-state index is 14.4. The number of nitrogens with zero attached hydrogens (tertiary/aromatic N) is 2. The number of rotatable bonds is 12. The van der Waals surface area contributed by atoms with Crippen LogP contribution in [0.3, 0.4) is 0 Å². The molecule has 0 heterocycles. The van der Waals surface area contributed by atoms with Gasteiger partial charge in [-0.25, -0.2) is 12.8 Å². The molecule has 2 amide bonds. The van der Waals surface area contributed by atoms with E-state index >= 15 is 0 Å². The van der Waals surface area contributed by atoms with E-state index in [0.29, 0.717) is 13.0 Å². The third kappa shape index (κ3) is 7.55. The smallest absolute Gasteiger partial charge is 0.244 e. The summed E-state index contributed by atoms with van der Waals surface area (Å²) in [4.78, 5) is 27.8. The van der Waals surface area contributed by atoms with E-state index in [4.69, 9.17) is 0 Å². The number of para-hydroxylation sites is 1. The Labute approximate surface area is 202 Å². The van der Waals surface area contributed by atoms with Crippen LogP contribution in [0.2, 0.25) is 0 Å². The number of halogens is 1. The standard InChI is InChI=1S/C25H34FN3O4S/c1-5-7-16-27-25(31)22(6-2)28(17-20-14-12-19(3)13-15-20)24(30)18-29(34(4,32)33)23-11-9-8-10-21(23)26/h8-15,22H,5-7,16-18H2,1-4H3,(H,27,31)/t22-/m1/s1. The molecule has 0 spiro atoms.